The second-order valence-electron chi connectivity index (χ2n) is 32.4. The van der Waals surface area contributed by atoms with Gasteiger partial charge in [-0.25, -0.2) is 17.6 Å². The molecule has 0 aromatic heterocycles. The van der Waals surface area contributed by atoms with E-state index in [4.69, 9.17) is 4.74 Å². The summed E-state index contributed by atoms with van der Waals surface area (Å²) in [4.78, 5) is 191. The quantitative estimate of drug-likeness (QED) is 0.122. The fourth-order valence-electron chi connectivity index (χ4n) is 17.0. The molecule has 35 heteroatoms. The van der Waals surface area contributed by atoms with E-state index in [1.807, 2.05) is 0 Å². The highest BCUT2D eigenvalue weighted by atomic mass is 19.4. The SMILES string of the molecule is CC[C@H](C)[C@@H]1NC(=O)[C@H](CC(C)C)N(C)C(=O)C[C@@H](C(=O)N(C)C)N(C)C(=O)[C@H](C2CCCC2)N(C)C(=O)C2(CCC2)NC(=O)[C@@H]2[C@@H](OCC(F)F)CCN2C(=O)[C@H](CCC2CC(F)C(C(F)(F)F)C(F)C2)NC(=O)CN(C)C(=O)[C@H](CC2CCC(C(F)(F)F)CC2)N2CC/C=C\C[C@@H](C2=O)N(C)C(=O)CN(C)C1=O. The number of carbonyl (C=O) groups excluding carboxylic acids is 12. The van der Waals surface area contributed by atoms with Crippen LogP contribution in [0.5, 0.6) is 0 Å². The third-order valence-electron chi connectivity index (χ3n) is 24.0. The number of rotatable bonds is 14. The molecule has 622 valence electrons. The largest absolute Gasteiger partial charge is 0.397 e. The Bertz CT molecular complexity index is 3290. The first-order chi connectivity index (χ1) is 51.4. The van der Waals surface area contributed by atoms with Gasteiger partial charge in [-0.05, 0) is 145 Å². The van der Waals surface area contributed by atoms with Crippen molar-refractivity contribution in [2.75, 3.05) is 89.2 Å². The van der Waals surface area contributed by atoms with Crippen molar-refractivity contribution in [3.8, 4) is 0 Å². The Morgan fingerprint density at radius 1 is 0.636 bits per heavy atom. The summed E-state index contributed by atoms with van der Waals surface area (Å²) in [7, 11) is 10.5. The molecule has 110 heavy (non-hydrogen) atoms. The number of alkyl halides is 10. The van der Waals surface area contributed by atoms with Gasteiger partial charge in [-0.1, -0.05) is 59.1 Å². The van der Waals surface area contributed by atoms with Gasteiger partial charge in [0.2, 0.25) is 70.9 Å². The van der Waals surface area contributed by atoms with Gasteiger partial charge < -0.3 is 64.8 Å². The minimum Gasteiger partial charge on any atom is -0.370 e. The van der Waals surface area contributed by atoms with E-state index in [1.165, 1.54) is 54.2 Å². The van der Waals surface area contributed by atoms with E-state index in [1.54, 1.807) is 39.8 Å². The van der Waals surface area contributed by atoms with Crippen molar-refractivity contribution < 1.29 is 106 Å². The van der Waals surface area contributed by atoms with Crippen LogP contribution in [-0.2, 0) is 62.3 Å². The molecule has 12 amide bonds. The lowest BCUT2D eigenvalue weighted by Gasteiger charge is -2.47. The van der Waals surface area contributed by atoms with Gasteiger partial charge >= 0.3 is 12.4 Å². The van der Waals surface area contributed by atoms with Crippen LogP contribution in [0.4, 0.5) is 43.9 Å². The average Bonchev–Trinajstić information content (AvgIpc) is 1.32. The van der Waals surface area contributed by atoms with Crippen LogP contribution >= 0.6 is 0 Å². The molecule has 4 aliphatic carbocycles. The Hall–Kier alpha value is -7.36. The van der Waals surface area contributed by atoms with Crippen molar-refractivity contribution in [3.05, 3.63) is 12.2 Å². The molecule has 0 aromatic carbocycles. The molecule has 4 saturated carbocycles. The molecule has 2 unspecified atom stereocenters. The number of halogens is 10. The van der Waals surface area contributed by atoms with E-state index in [0.717, 1.165) is 46.2 Å². The van der Waals surface area contributed by atoms with Crippen molar-refractivity contribution in [2.24, 2.45) is 41.4 Å². The van der Waals surface area contributed by atoms with Crippen LogP contribution in [0.1, 0.15) is 169 Å². The van der Waals surface area contributed by atoms with Crippen molar-refractivity contribution in [2.45, 2.75) is 260 Å². The van der Waals surface area contributed by atoms with Gasteiger partial charge in [-0.2, -0.15) is 26.3 Å². The van der Waals surface area contributed by atoms with Crippen molar-refractivity contribution >= 4 is 70.9 Å². The zero-order chi connectivity index (χ0) is 81.9. The second-order valence-corrected chi connectivity index (χ2v) is 32.4. The maximum absolute atomic E-state index is 15.5. The van der Waals surface area contributed by atoms with Gasteiger partial charge in [0.25, 0.3) is 6.43 Å². The Labute approximate surface area is 637 Å². The number of hydrogen-bond acceptors (Lipinski definition) is 13. The Kier molecular flexibility index (Phi) is 31.4. The Morgan fingerprint density at radius 3 is 1.81 bits per heavy atom. The number of carbonyl (C=O) groups is 12. The van der Waals surface area contributed by atoms with Gasteiger partial charge in [-0.15, -0.1) is 0 Å². The standard InChI is InChI=1S/C75H114F10N12O13/c1-13-43(4)61-70(107)91(8)40-59(100)92(9)51-22-15-14-18-32-96(69(51)106)54(37-44-23-26-47(27-24-44)74(80,81)82)68(105)90(7)39-57(98)86-50(28-25-45-35-48(76)60(49(77)36-45)75(83,84)85)66(103)97-33-29-55(110-41-56(78)79)63(97)65(102)88-73(30-19-31-73)72(109)95(12)62(46-20-16-17-21-46)71(108)94(11)53(67(104)89(5)6)38-58(99)93(10)52(34-42(2)3)64(101)87-61/h14-15,42-56,60-63H,13,16-41H2,1-12H3,(H,86,98)(H,87,101)(H,88,102)/b15-14-/t43-,44?,45?,47?,48?,49?,50-,51-,52-,53-,54-,55-,60?,61-,62-,63-/m0/s1. The molecule has 3 heterocycles. The molecular formula is C75H114F10N12O13. The first-order valence-corrected chi connectivity index (χ1v) is 38.7. The number of nitrogens with zero attached hydrogens (tertiary/aromatic N) is 9. The smallest absolute Gasteiger partial charge is 0.370 e. The number of amides is 12. The maximum Gasteiger partial charge on any atom is 0.397 e. The van der Waals surface area contributed by atoms with Gasteiger partial charge in [0, 0.05) is 69.5 Å². The van der Waals surface area contributed by atoms with Crippen LogP contribution < -0.4 is 16.0 Å². The third-order valence-corrected chi connectivity index (χ3v) is 24.0. The molecule has 25 nitrogen and oxygen atoms in total. The number of ether oxygens (including phenoxy) is 1. The van der Waals surface area contributed by atoms with E-state index in [2.05, 4.69) is 16.0 Å². The molecule has 2 saturated heterocycles. The second kappa shape index (κ2) is 38.4. The molecular weight excluding hydrogens is 1470 g/mol. The first kappa shape index (κ1) is 89.8. The molecule has 7 rings (SSSR count). The summed E-state index contributed by atoms with van der Waals surface area (Å²) in [5, 5.41) is 8.12. The van der Waals surface area contributed by atoms with E-state index in [-0.39, 0.29) is 83.1 Å². The molecule has 0 radical (unpaired) electrons. The fraction of sp³-hybridized carbons (Fsp3) is 0.813. The summed E-state index contributed by atoms with van der Waals surface area (Å²) in [6.45, 7) is 3.44. The minimum atomic E-state index is -5.27. The molecule has 6 fully saturated rings. The molecule has 12 atom stereocenters. The Morgan fingerprint density at radius 2 is 1.25 bits per heavy atom. The molecule has 3 N–H and O–H groups in total. The molecule has 3 aliphatic heterocycles. The van der Waals surface area contributed by atoms with Gasteiger partial charge in [0.1, 0.15) is 78.7 Å². The summed E-state index contributed by atoms with van der Waals surface area (Å²) in [5.41, 5.74) is -1.87. The third kappa shape index (κ3) is 21.9. The van der Waals surface area contributed by atoms with Crippen LogP contribution in [-0.4, -0.2) is 295 Å². The summed E-state index contributed by atoms with van der Waals surface area (Å²) in [6.07, 6.45) is -18.8. The molecule has 2 bridgehead atoms. The highest BCUT2D eigenvalue weighted by molar-refractivity contribution is 6.01. The number of hydrogen-bond donors (Lipinski definition) is 3. The average molecular weight is 1580 g/mol. The zero-order valence-electron chi connectivity index (χ0n) is 65.3. The monoisotopic (exact) mass is 1580 g/mol. The number of likely N-dealkylation sites (N-methyl/N-ethyl adjacent to an activating group) is 7. The Balaban J connectivity index is 1.34. The van der Waals surface area contributed by atoms with Crippen molar-refractivity contribution in [1.29, 1.82) is 0 Å². The topological polar surface area (TPSA) is 279 Å². The summed E-state index contributed by atoms with van der Waals surface area (Å²) in [6, 6.07) is -12.3. The highest BCUT2D eigenvalue weighted by Gasteiger charge is 2.57. The summed E-state index contributed by atoms with van der Waals surface area (Å²) >= 11 is 0. The number of nitrogens with one attached hydrogen (secondary N) is 3. The fourth-order valence-corrected chi connectivity index (χ4v) is 17.0. The summed E-state index contributed by atoms with van der Waals surface area (Å²) < 4.78 is 149. The minimum absolute atomic E-state index is 0.0215. The summed E-state index contributed by atoms with van der Waals surface area (Å²) in [5.74, 6) is -18.4. The van der Waals surface area contributed by atoms with Crippen LogP contribution in [0.3, 0.4) is 0 Å². The molecule has 1 spiro atoms. The first-order valence-electron chi connectivity index (χ1n) is 38.7. The van der Waals surface area contributed by atoms with E-state index >= 15 is 37.5 Å². The number of fused-ring (bicyclic) bond motifs is 3. The highest BCUT2D eigenvalue weighted by Crippen LogP contribution is 2.46. The lowest BCUT2D eigenvalue weighted by atomic mass is 9.74. The zero-order valence-corrected chi connectivity index (χ0v) is 65.3. The lowest BCUT2D eigenvalue weighted by molar-refractivity contribution is -0.219. The van der Waals surface area contributed by atoms with Crippen LogP contribution in [0.15, 0.2) is 12.2 Å². The van der Waals surface area contributed by atoms with Crippen LogP contribution in [0.25, 0.3) is 0 Å². The van der Waals surface area contributed by atoms with Crippen molar-refractivity contribution in [1.82, 2.24) is 60.0 Å². The van der Waals surface area contributed by atoms with Crippen LogP contribution in [0.2, 0.25) is 0 Å². The van der Waals surface area contributed by atoms with Gasteiger partial charge in [-0.3, -0.25) is 57.5 Å². The lowest BCUT2D eigenvalue weighted by Crippen LogP contribution is -2.69. The van der Waals surface area contributed by atoms with Gasteiger partial charge in [0.05, 0.1) is 31.5 Å². The molecule has 0 aromatic rings. The van der Waals surface area contributed by atoms with E-state index < -0.39 is 256 Å². The predicted octanol–water partition coefficient (Wildman–Crippen LogP) is 6.60. The van der Waals surface area contributed by atoms with Gasteiger partial charge in [0.15, 0.2) is 0 Å². The molecule has 7 aliphatic rings. The maximum atomic E-state index is 15.5. The van der Waals surface area contributed by atoms with Crippen LogP contribution in [0, 0.1) is 41.4 Å². The normalized spacial score (nSPS) is 31.7. The van der Waals surface area contributed by atoms with E-state index in [0.29, 0.717) is 38.5 Å². The van der Waals surface area contributed by atoms with E-state index in [9.17, 15) is 63.9 Å². The van der Waals surface area contributed by atoms with Crippen molar-refractivity contribution in [3.63, 3.8) is 0 Å². The predicted molar refractivity (Wildman–Crippen MR) is 381 cm³/mol.